The molecule has 1 unspecified atom stereocenters. The fraction of sp³-hybridized carbons (Fsp3) is 0.611. The van der Waals surface area contributed by atoms with Crippen LogP contribution in [0.3, 0.4) is 0 Å². The summed E-state index contributed by atoms with van der Waals surface area (Å²) in [6.07, 6.45) is 4.59. The monoisotopic (exact) mass is 304 g/mol. The van der Waals surface area contributed by atoms with Crippen molar-refractivity contribution in [2.24, 2.45) is 0 Å². The zero-order valence-corrected chi connectivity index (χ0v) is 13.8. The highest BCUT2D eigenvalue weighted by Gasteiger charge is 2.21. The second kappa shape index (κ2) is 8.79. The summed E-state index contributed by atoms with van der Waals surface area (Å²) in [4.78, 5) is 13.4. The second-order valence-corrected chi connectivity index (χ2v) is 5.92. The number of amides is 1. The van der Waals surface area contributed by atoms with E-state index in [9.17, 15) is 4.79 Å². The van der Waals surface area contributed by atoms with Gasteiger partial charge in [-0.05, 0) is 56.5 Å². The predicted molar refractivity (Wildman–Crippen MR) is 89.1 cm³/mol. The van der Waals surface area contributed by atoms with Crippen LogP contribution >= 0.6 is 0 Å². The molecule has 1 saturated heterocycles. The number of hydrogen-bond acceptors (Lipinski definition) is 3. The van der Waals surface area contributed by atoms with Gasteiger partial charge in [-0.1, -0.05) is 19.1 Å². The van der Waals surface area contributed by atoms with Crippen molar-refractivity contribution in [3.8, 4) is 5.75 Å². The SMILES string of the molecule is CCC(c1cccc(OCCCNC(C)=O)c1)N1CCCC1. The summed E-state index contributed by atoms with van der Waals surface area (Å²) in [7, 11) is 0. The van der Waals surface area contributed by atoms with E-state index in [1.54, 1.807) is 0 Å². The minimum absolute atomic E-state index is 0.0124. The predicted octanol–water partition coefficient (Wildman–Crippen LogP) is 3.14. The normalized spacial score (nSPS) is 16.5. The highest BCUT2D eigenvalue weighted by atomic mass is 16.5. The number of carbonyl (C=O) groups excluding carboxylic acids is 1. The van der Waals surface area contributed by atoms with Crippen LogP contribution in [0, 0.1) is 0 Å². The highest BCUT2D eigenvalue weighted by molar-refractivity contribution is 5.72. The van der Waals surface area contributed by atoms with E-state index in [0.29, 0.717) is 19.2 Å². The Morgan fingerprint density at radius 1 is 1.36 bits per heavy atom. The molecular formula is C18H28N2O2. The fourth-order valence-electron chi connectivity index (χ4n) is 3.10. The Balaban J connectivity index is 1.87. The summed E-state index contributed by atoms with van der Waals surface area (Å²) in [6.45, 7) is 7.50. The molecule has 22 heavy (non-hydrogen) atoms. The maximum atomic E-state index is 10.8. The van der Waals surface area contributed by atoms with E-state index in [1.807, 2.05) is 6.07 Å². The maximum Gasteiger partial charge on any atom is 0.216 e. The second-order valence-electron chi connectivity index (χ2n) is 5.92. The molecule has 1 N–H and O–H groups in total. The van der Waals surface area contributed by atoms with Crippen molar-refractivity contribution in [3.05, 3.63) is 29.8 Å². The van der Waals surface area contributed by atoms with Gasteiger partial charge in [0.15, 0.2) is 0 Å². The van der Waals surface area contributed by atoms with Gasteiger partial charge in [0.05, 0.1) is 6.61 Å². The van der Waals surface area contributed by atoms with Gasteiger partial charge in [-0.3, -0.25) is 9.69 Å². The Labute approximate surface area is 133 Å². The molecule has 1 aromatic rings. The van der Waals surface area contributed by atoms with Crippen molar-refractivity contribution in [3.63, 3.8) is 0 Å². The smallest absolute Gasteiger partial charge is 0.216 e. The van der Waals surface area contributed by atoms with E-state index in [1.165, 1.54) is 38.4 Å². The molecule has 1 fully saturated rings. The molecule has 0 spiro atoms. The number of ether oxygens (including phenoxy) is 1. The van der Waals surface area contributed by atoms with E-state index in [0.717, 1.165) is 18.6 Å². The van der Waals surface area contributed by atoms with Crippen LogP contribution in [0.5, 0.6) is 5.75 Å². The fourth-order valence-corrected chi connectivity index (χ4v) is 3.10. The van der Waals surface area contributed by atoms with E-state index < -0.39 is 0 Å². The number of carbonyl (C=O) groups is 1. The van der Waals surface area contributed by atoms with Gasteiger partial charge in [-0.15, -0.1) is 0 Å². The molecule has 122 valence electrons. The third kappa shape index (κ3) is 5.02. The van der Waals surface area contributed by atoms with E-state index >= 15 is 0 Å². The number of nitrogens with zero attached hydrogens (tertiary/aromatic N) is 1. The van der Waals surface area contributed by atoms with Gasteiger partial charge in [-0.2, -0.15) is 0 Å². The molecular weight excluding hydrogens is 276 g/mol. The first-order chi connectivity index (χ1) is 10.7. The lowest BCUT2D eigenvalue weighted by Gasteiger charge is -2.27. The lowest BCUT2D eigenvalue weighted by atomic mass is 10.0. The van der Waals surface area contributed by atoms with Crippen molar-refractivity contribution in [2.75, 3.05) is 26.2 Å². The molecule has 0 bridgehead atoms. The van der Waals surface area contributed by atoms with Crippen LogP contribution in [0.1, 0.15) is 51.1 Å². The van der Waals surface area contributed by atoms with Crippen molar-refractivity contribution >= 4 is 5.91 Å². The average molecular weight is 304 g/mol. The molecule has 1 amide bonds. The van der Waals surface area contributed by atoms with Gasteiger partial charge < -0.3 is 10.1 Å². The molecule has 1 heterocycles. The van der Waals surface area contributed by atoms with Gasteiger partial charge >= 0.3 is 0 Å². The average Bonchev–Trinajstić information content (AvgIpc) is 3.02. The van der Waals surface area contributed by atoms with Crippen LogP contribution in [0.25, 0.3) is 0 Å². The molecule has 0 aliphatic carbocycles. The standard InChI is InChI=1S/C18H28N2O2/c1-3-18(20-11-4-5-12-20)16-8-6-9-17(14-16)22-13-7-10-19-15(2)21/h6,8-9,14,18H,3-5,7,10-13H2,1-2H3,(H,19,21). The highest BCUT2D eigenvalue weighted by Crippen LogP contribution is 2.29. The molecule has 2 rings (SSSR count). The van der Waals surface area contributed by atoms with Gasteiger partial charge in [0.1, 0.15) is 5.75 Å². The molecule has 1 aliphatic heterocycles. The Hall–Kier alpha value is -1.55. The summed E-state index contributed by atoms with van der Waals surface area (Å²) in [6, 6.07) is 8.97. The Bertz CT molecular complexity index is 470. The molecule has 1 aromatic carbocycles. The Morgan fingerprint density at radius 3 is 2.82 bits per heavy atom. The third-order valence-corrected chi connectivity index (χ3v) is 4.17. The van der Waals surface area contributed by atoms with Crippen LogP contribution in [0.15, 0.2) is 24.3 Å². The Morgan fingerprint density at radius 2 is 2.14 bits per heavy atom. The first kappa shape index (κ1) is 16.8. The van der Waals surface area contributed by atoms with Crippen LogP contribution < -0.4 is 10.1 Å². The largest absolute Gasteiger partial charge is 0.494 e. The van der Waals surface area contributed by atoms with Gasteiger partial charge in [-0.25, -0.2) is 0 Å². The minimum Gasteiger partial charge on any atom is -0.494 e. The summed E-state index contributed by atoms with van der Waals surface area (Å²) in [5.41, 5.74) is 1.35. The molecule has 0 saturated carbocycles. The van der Waals surface area contributed by atoms with Crippen molar-refractivity contribution in [1.82, 2.24) is 10.2 Å². The lowest BCUT2D eigenvalue weighted by molar-refractivity contribution is -0.118. The summed E-state index contributed by atoms with van der Waals surface area (Å²) >= 11 is 0. The van der Waals surface area contributed by atoms with Crippen LogP contribution in [-0.4, -0.2) is 37.0 Å². The molecule has 4 heteroatoms. The molecule has 0 aromatic heterocycles. The summed E-state index contributed by atoms with van der Waals surface area (Å²) < 4.78 is 5.82. The van der Waals surface area contributed by atoms with Crippen LogP contribution in [-0.2, 0) is 4.79 Å². The first-order valence-corrected chi connectivity index (χ1v) is 8.42. The number of likely N-dealkylation sites (tertiary alicyclic amines) is 1. The van der Waals surface area contributed by atoms with Gasteiger partial charge in [0.2, 0.25) is 5.91 Å². The third-order valence-electron chi connectivity index (χ3n) is 4.17. The number of hydrogen-bond donors (Lipinski definition) is 1. The van der Waals surface area contributed by atoms with Crippen molar-refractivity contribution in [2.45, 2.75) is 45.6 Å². The molecule has 1 atom stereocenters. The zero-order chi connectivity index (χ0) is 15.8. The molecule has 0 radical (unpaired) electrons. The van der Waals surface area contributed by atoms with E-state index in [-0.39, 0.29) is 5.91 Å². The lowest BCUT2D eigenvalue weighted by Crippen LogP contribution is -2.25. The Kier molecular flexibility index (Phi) is 6.72. The van der Waals surface area contributed by atoms with E-state index in [4.69, 9.17) is 4.74 Å². The number of nitrogens with one attached hydrogen (secondary N) is 1. The number of benzene rings is 1. The maximum absolute atomic E-state index is 10.8. The van der Waals surface area contributed by atoms with E-state index in [2.05, 4.69) is 35.3 Å². The molecule has 1 aliphatic rings. The topological polar surface area (TPSA) is 41.6 Å². The minimum atomic E-state index is 0.0124. The van der Waals surface area contributed by atoms with Crippen LogP contribution in [0.2, 0.25) is 0 Å². The van der Waals surface area contributed by atoms with Gasteiger partial charge in [0, 0.05) is 19.5 Å². The summed E-state index contributed by atoms with van der Waals surface area (Å²) in [5.74, 6) is 0.941. The number of rotatable bonds is 8. The van der Waals surface area contributed by atoms with Crippen LogP contribution in [0.4, 0.5) is 0 Å². The van der Waals surface area contributed by atoms with Gasteiger partial charge in [0.25, 0.3) is 0 Å². The summed E-state index contributed by atoms with van der Waals surface area (Å²) in [5, 5.41) is 2.78. The quantitative estimate of drug-likeness (QED) is 0.750. The van der Waals surface area contributed by atoms with Crippen molar-refractivity contribution in [1.29, 1.82) is 0 Å². The molecule has 4 nitrogen and oxygen atoms in total. The first-order valence-electron chi connectivity index (χ1n) is 8.42. The zero-order valence-electron chi connectivity index (χ0n) is 13.8. The van der Waals surface area contributed by atoms with Crippen molar-refractivity contribution < 1.29 is 9.53 Å².